The Bertz CT molecular complexity index is 2840. The maximum atomic E-state index is 14.0. The number of pyridine rings is 1. The van der Waals surface area contributed by atoms with Gasteiger partial charge in [0.25, 0.3) is 21.6 Å². The Morgan fingerprint density at radius 2 is 1.81 bits per heavy atom. The molecule has 1 atom stereocenters. The van der Waals surface area contributed by atoms with Crippen LogP contribution in [0.25, 0.3) is 16.6 Å². The number of carbonyl (C=O) groups excluding carboxylic acids is 1. The fourth-order valence-corrected chi connectivity index (χ4v) is 11.4. The molecule has 0 unspecified atom stereocenters. The number of allylic oxidation sites excluding steroid dienone is 1. The van der Waals surface area contributed by atoms with Crippen molar-refractivity contribution in [1.29, 1.82) is 0 Å². The van der Waals surface area contributed by atoms with Crippen molar-refractivity contribution in [2.75, 3.05) is 60.7 Å². The standard InChI is InChI=1S/C44H48ClN7O8S3/c1-44(2)13-10-30(37(24-44)28-4-6-31(45)7-5-28)26-50-15-17-51(18-16-50)33-8-9-36(39(21-33)60-34-20-29-11-14-46-42(29)47-25-34)43(53)49-63(58,59)35-22-38(52(54)55)41-40(23-35)61-27-32(48-41)12-19-62(3,56)57/h4-9,11,14,20-23,25,32,48H,10,12-13,15-19,24,26-27H2,1-3H3,(H,46,47)(H,49,53)/t32-/m0/s1. The van der Waals surface area contributed by atoms with Crippen LogP contribution in [0.3, 0.4) is 0 Å². The molecule has 1 aliphatic carbocycles. The van der Waals surface area contributed by atoms with Gasteiger partial charge in [0.2, 0.25) is 0 Å². The summed E-state index contributed by atoms with van der Waals surface area (Å²) in [4.78, 5) is 37.4. The van der Waals surface area contributed by atoms with Crippen LogP contribution in [-0.4, -0.2) is 99.1 Å². The van der Waals surface area contributed by atoms with Crippen LogP contribution >= 0.6 is 23.4 Å². The summed E-state index contributed by atoms with van der Waals surface area (Å²) in [6.45, 7) is 8.52. The summed E-state index contributed by atoms with van der Waals surface area (Å²) >= 11 is 7.41. The maximum Gasteiger partial charge on any atom is 0.294 e. The van der Waals surface area contributed by atoms with Crippen molar-refractivity contribution in [2.24, 2.45) is 5.41 Å². The van der Waals surface area contributed by atoms with Crippen molar-refractivity contribution in [2.45, 2.75) is 55.4 Å². The van der Waals surface area contributed by atoms with Gasteiger partial charge >= 0.3 is 0 Å². The number of nitro groups is 1. The minimum Gasteiger partial charge on any atom is -0.455 e. The minimum atomic E-state index is -4.65. The van der Waals surface area contributed by atoms with Gasteiger partial charge < -0.3 is 19.9 Å². The molecule has 0 bridgehead atoms. The van der Waals surface area contributed by atoms with E-state index in [0.717, 1.165) is 67.3 Å². The number of aromatic amines is 1. The van der Waals surface area contributed by atoms with E-state index in [-0.39, 0.29) is 39.5 Å². The summed E-state index contributed by atoms with van der Waals surface area (Å²) in [5, 5.41) is 16.7. The molecule has 1 amide bonds. The lowest BCUT2D eigenvalue weighted by atomic mass is 9.72. The number of H-pyrrole nitrogens is 1. The van der Waals surface area contributed by atoms with Crippen LogP contribution in [0.5, 0.6) is 11.5 Å². The second-order valence-electron chi connectivity index (χ2n) is 17.1. The second kappa shape index (κ2) is 17.8. The molecular weight excluding hydrogens is 886 g/mol. The zero-order chi connectivity index (χ0) is 44.7. The predicted molar refractivity (Wildman–Crippen MR) is 247 cm³/mol. The first-order valence-corrected chi connectivity index (χ1v) is 25.5. The fraction of sp³-hybridized carbons (Fsp3) is 0.364. The van der Waals surface area contributed by atoms with Crippen LogP contribution < -0.4 is 19.7 Å². The number of nitrogens with zero attached hydrogens (tertiary/aromatic N) is 4. The molecule has 2 aliphatic heterocycles. The van der Waals surface area contributed by atoms with E-state index < -0.39 is 47.3 Å². The summed E-state index contributed by atoms with van der Waals surface area (Å²) in [5.41, 5.74) is 5.21. The van der Waals surface area contributed by atoms with Crippen molar-refractivity contribution in [3.8, 4) is 11.5 Å². The number of anilines is 2. The molecule has 4 heterocycles. The molecule has 3 aliphatic rings. The number of amides is 1. The summed E-state index contributed by atoms with van der Waals surface area (Å²) in [7, 11) is -7.92. The first kappa shape index (κ1) is 44.5. The van der Waals surface area contributed by atoms with Gasteiger partial charge in [-0.25, -0.2) is 26.5 Å². The summed E-state index contributed by atoms with van der Waals surface area (Å²) < 4.78 is 59.6. The average Bonchev–Trinajstić information content (AvgIpc) is 3.71. The lowest BCUT2D eigenvalue weighted by Gasteiger charge is -2.39. The molecular formula is C44H48ClN7O8S3. The number of halogens is 1. The van der Waals surface area contributed by atoms with Crippen LogP contribution in [0.1, 0.15) is 55.5 Å². The molecule has 3 aromatic carbocycles. The lowest BCUT2D eigenvalue weighted by molar-refractivity contribution is -0.384. The van der Waals surface area contributed by atoms with E-state index in [1.54, 1.807) is 24.4 Å². The molecule has 3 N–H and O–H groups in total. The van der Waals surface area contributed by atoms with Gasteiger partial charge in [-0.2, -0.15) is 0 Å². The van der Waals surface area contributed by atoms with E-state index >= 15 is 0 Å². The van der Waals surface area contributed by atoms with Crippen LogP contribution in [0.15, 0.2) is 94.5 Å². The predicted octanol–water partition coefficient (Wildman–Crippen LogP) is 8.14. The molecule has 19 heteroatoms. The third-order valence-electron chi connectivity index (χ3n) is 11.8. The number of ether oxygens (including phenoxy) is 1. The molecule has 0 spiro atoms. The zero-order valence-corrected chi connectivity index (χ0v) is 38.2. The Hall–Kier alpha value is -5.14. The molecule has 332 valence electrons. The number of sulfonamides is 1. The Morgan fingerprint density at radius 3 is 2.54 bits per heavy atom. The highest BCUT2D eigenvalue weighted by Crippen LogP contribution is 2.44. The molecule has 15 nitrogen and oxygen atoms in total. The van der Waals surface area contributed by atoms with Crippen molar-refractivity contribution in [3.63, 3.8) is 0 Å². The average molecular weight is 935 g/mol. The van der Waals surface area contributed by atoms with Gasteiger partial charge in [-0.05, 0) is 84.7 Å². The first-order valence-electron chi connectivity index (χ1n) is 20.6. The number of carbonyl (C=O) groups is 1. The molecule has 1 saturated heterocycles. The van der Waals surface area contributed by atoms with Crippen LogP contribution in [0.2, 0.25) is 5.02 Å². The highest BCUT2D eigenvalue weighted by molar-refractivity contribution is 7.99. The number of nitrogens with one attached hydrogen (secondary N) is 3. The van der Waals surface area contributed by atoms with Crippen LogP contribution in [0.4, 0.5) is 17.1 Å². The Morgan fingerprint density at radius 1 is 1.05 bits per heavy atom. The number of hydrogen-bond donors (Lipinski definition) is 3. The van der Waals surface area contributed by atoms with E-state index in [4.69, 9.17) is 16.3 Å². The van der Waals surface area contributed by atoms with Crippen molar-refractivity contribution in [3.05, 3.63) is 111 Å². The number of hydrogen-bond acceptors (Lipinski definition) is 13. The number of thioether (sulfide) groups is 1. The molecule has 2 aromatic heterocycles. The molecule has 5 aromatic rings. The number of aromatic nitrogens is 2. The maximum absolute atomic E-state index is 14.0. The first-order chi connectivity index (χ1) is 29.9. The van der Waals surface area contributed by atoms with E-state index in [9.17, 15) is 31.7 Å². The van der Waals surface area contributed by atoms with Gasteiger partial charge in [0, 0.05) is 90.1 Å². The summed E-state index contributed by atoms with van der Waals surface area (Å²) in [6.07, 6.45) is 7.74. The van der Waals surface area contributed by atoms with Crippen molar-refractivity contribution >= 4 is 82.8 Å². The Labute approximate surface area is 375 Å². The van der Waals surface area contributed by atoms with Crippen LogP contribution in [-0.2, 0) is 19.9 Å². The van der Waals surface area contributed by atoms with Gasteiger partial charge in [-0.1, -0.05) is 43.2 Å². The molecule has 1 fully saturated rings. The number of benzene rings is 3. The Kier molecular flexibility index (Phi) is 12.6. The molecule has 0 saturated carbocycles. The molecule has 8 rings (SSSR count). The third kappa shape index (κ3) is 10.5. The van der Waals surface area contributed by atoms with Crippen molar-refractivity contribution in [1.82, 2.24) is 19.6 Å². The van der Waals surface area contributed by atoms with Gasteiger partial charge in [0.05, 0.1) is 27.3 Å². The van der Waals surface area contributed by atoms with Gasteiger partial charge in [-0.3, -0.25) is 19.8 Å². The number of nitro benzene ring substituents is 1. The fourth-order valence-electron chi connectivity index (χ4n) is 8.30. The topological polar surface area (TPSA) is 197 Å². The third-order valence-corrected chi connectivity index (χ3v) is 15.5. The summed E-state index contributed by atoms with van der Waals surface area (Å²) in [5.74, 6) is -0.338. The highest BCUT2D eigenvalue weighted by Gasteiger charge is 2.33. The highest BCUT2D eigenvalue weighted by atomic mass is 35.5. The molecule has 63 heavy (non-hydrogen) atoms. The monoisotopic (exact) mass is 933 g/mol. The number of rotatable bonds is 13. The van der Waals surface area contributed by atoms with Crippen LogP contribution in [0, 0.1) is 15.5 Å². The largest absolute Gasteiger partial charge is 0.455 e. The smallest absolute Gasteiger partial charge is 0.294 e. The Balaban J connectivity index is 1.02. The van der Waals surface area contributed by atoms with Gasteiger partial charge in [0.1, 0.15) is 32.7 Å². The van der Waals surface area contributed by atoms with E-state index in [1.807, 2.05) is 18.2 Å². The molecule has 0 radical (unpaired) electrons. The second-order valence-corrected chi connectivity index (χ2v) is 22.6. The number of sulfone groups is 1. The van der Waals surface area contributed by atoms with Gasteiger partial charge in [0.15, 0.2) is 0 Å². The van der Waals surface area contributed by atoms with Crippen molar-refractivity contribution < 1.29 is 31.3 Å². The van der Waals surface area contributed by atoms with Gasteiger partial charge in [-0.15, -0.1) is 11.8 Å². The zero-order valence-electron chi connectivity index (χ0n) is 35.0. The normalized spacial score (nSPS) is 18.2. The van der Waals surface area contributed by atoms with E-state index in [2.05, 4.69) is 55.8 Å². The minimum absolute atomic E-state index is 0.0748. The quantitative estimate of drug-likeness (QED) is 0.0757. The number of fused-ring (bicyclic) bond motifs is 2. The number of piperazine rings is 1. The SMILES string of the molecule is CC1(C)CCC(CN2CCN(c3ccc(C(=O)NS(=O)(=O)c4cc5c(c([N+](=O)[O-])c4)N[C@@H](CCS(C)(=O)=O)CS5)c(Oc4cnc5[nH]ccc5c4)c3)CC2)=C(c2ccc(Cl)cc2)C1. The van der Waals surface area contributed by atoms with E-state index in [0.29, 0.717) is 30.2 Å². The lowest BCUT2D eigenvalue weighted by Crippen LogP contribution is -2.47. The van der Waals surface area contributed by atoms with E-state index in [1.165, 1.54) is 46.8 Å². The summed E-state index contributed by atoms with van der Waals surface area (Å²) in [6, 6.07) is 18.5.